The van der Waals surface area contributed by atoms with Crippen LogP contribution in [0.3, 0.4) is 0 Å². The number of esters is 1. The summed E-state index contributed by atoms with van der Waals surface area (Å²) in [5, 5.41) is 40.7. The van der Waals surface area contributed by atoms with Gasteiger partial charge in [-0.1, -0.05) is 23.7 Å². The van der Waals surface area contributed by atoms with Crippen LogP contribution in [0.2, 0.25) is 5.02 Å². The number of hydrogen-bond acceptors (Lipinski definition) is 7. The number of benzene rings is 2. The molecule has 0 heterocycles. The van der Waals surface area contributed by atoms with Crippen LogP contribution < -0.4 is 0 Å². The number of halogens is 1. The van der Waals surface area contributed by atoms with E-state index in [1.54, 1.807) is 36.4 Å². The van der Waals surface area contributed by atoms with Crippen molar-refractivity contribution in [2.75, 3.05) is 0 Å². The zero-order valence-electron chi connectivity index (χ0n) is 18.6. The van der Waals surface area contributed by atoms with E-state index in [0.29, 0.717) is 21.9 Å². The standard InChI is InChI=1S/C26H25ClO8/c27-17-8-6-16(7-9-17)23(15-4-5-15)35-24-19(26(32)33)13-20(29)22(31)25(24)34-21(30)12-3-14-1-10-18(28)11-2-14/h1-3,6-12,19-20,22,24-25,28-29,31H,4-5,13H2,(H,32,33)/b12-3+/t19-,20-,22+,24?,25+/m0/s1. The van der Waals surface area contributed by atoms with E-state index in [2.05, 4.69) is 0 Å². The molecule has 0 radical (unpaired) electrons. The highest BCUT2D eigenvalue weighted by molar-refractivity contribution is 6.30. The highest BCUT2D eigenvalue weighted by atomic mass is 35.5. The van der Waals surface area contributed by atoms with E-state index in [9.17, 15) is 30.0 Å². The van der Waals surface area contributed by atoms with Gasteiger partial charge in [-0.2, -0.15) is 0 Å². The Kier molecular flexibility index (Phi) is 7.45. The van der Waals surface area contributed by atoms with Crippen LogP contribution in [0.15, 0.2) is 60.2 Å². The third-order valence-electron chi connectivity index (χ3n) is 6.00. The lowest BCUT2D eigenvalue weighted by atomic mass is 9.80. The smallest absolute Gasteiger partial charge is 0.331 e. The second kappa shape index (κ2) is 10.5. The number of aliphatic hydroxyl groups excluding tert-OH is 2. The minimum Gasteiger partial charge on any atom is -0.508 e. The predicted molar refractivity (Wildman–Crippen MR) is 127 cm³/mol. The van der Waals surface area contributed by atoms with Gasteiger partial charge in [0.05, 0.1) is 12.0 Å². The van der Waals surface area contributed by atoms with E-state index in [1.165, 1.54) is 18.2 Å². The number of phenolic OH excluding ortho intramolecular Hbond substituents is 1. The molecule has 184 valence electrons. The highest BCUT2D eigenvalue weighted by Crippen LogP contribution is 2.41. The molecule has 2 fully saturated rings. The lowest BCUT2D eigenvalue weighted by molar-refractivity contribution is -0.194. The Morgan fingerprint density at radius 1 is 0.943 bits per heavy atom. The van der Waals surface area contributed by atoms with E-state index in [-0.39, 0.29) is 12.2 Å². The zero-order chi connectivity index (χ0) is 25.1. The van der Waals surface area contributed by atoms with Gasteiger partial charge in [-0.05, 0) is 72.9 Å². The van der Waals surface area contributed by atoms with Crippen molar-refractivity contribution in [3.05, 3.63) is 76.3 Å². The van der Waals surface area contributed by atoms with E-state index in [4.69, 9.17) is 21.1 Å². The maximum absolute atomic E-state index is 12.6. The molecular formula is C26H25ClO8. The first-order valence-corrected chi connectivity index (χ1v) is 11.5. The average molecular weight is 501 g/mol. The van der Waals surface area contributed by atoms with Crippen molar-refractivity contribution < 1.29 is 39.5 Å². The fourth-order valence-corrected chi connectivity index (χ4v) is 4.13. The number of aliphatic carboxylic acids is 1. The molecule has 8 nitrogen and oxygen atoms in total. The summed E-state index contributed by atoms with van der Waals surface area (Å²) in [7, 11) is 0. The zero-order valence-corrected chi connectivity index (χ0v) is 19.3. The van der Waals surface area contributed by atoms with Gasteiger partial charge >= 0.3 is 11.9 Å². The third kappa shape index (κ3) is 6.03. The largest absolute Gasteiger partial charge is 0.508 e. The van der Waals surface area contributed by atoms with Gasteiger partial charge in [-0.15, -0.1) is 0 Å². The molecule has 0 spiro atoms. The quantitative estimate of drug-likeness (QED) is 0.258. The van der Waals surface area contributed by atoms with Crippen molar-refractivity contribution >= 4 is 35.4 Å². The molecule has 2 aromatic rings. The van der Waals surface area contributed by atoms with E-state index in [0.717, 1.165) is 24.5 Å². The number of aromatic hydroxyl groups is 1. The summed E-state index contributed by atoms with van der Waals surface area (Å²) in [5.74, 6) is -2.78. The SMILES string of the molecule is O=C(/C=C/c1ccc(O)cc1)O[C@H]1C(OC(=C2CC2)c2ccc(Cl)cc2)[C@@H](C(=O)O)C[C@H](O)[C@H]1O. The number of carbonyl (C=O) groups is 2. The van der Waals surface area contributed by atoms with Gasteiger partial charge in [0.1, 0.15) is 17.6 Å². The Bertz CT molecular complexity index is 1130. The molecule has 2 aliphatic carbocycles. The van der Waals surface area contributed by atoms with Gasteiger partial charge < -0.3 is 29.9 Å². The number of carboxylic acids is 1. The summed E-state index contributed by atoms with van der Waals surface area (Å²) in [5.41, 5.74) is 2.27. The molecule has 0 aromatic heterocycles. The van der Waals surface area contributed by atoms with Gasteiger partial charge in [-0.25, -0.2) is 4.79 Å². The molecule has 2 saturated carbocycles. The van der Waals surface area contributed by atoms with Crippen molar-refractivity contribution in [3.8, 4) is 5.75 Å². The number of allylic oxidation sites excluding steroid dienone is 1. The molecule has 0 amide bonds. The van der Waals surface area contributed by atoms with Crippen LogP contribution in [0.4, 0.5) is 0 Å². The van der Waals surface area contributed by atoms with Crippen LogP contribution in [0.25, 0.3) is 11.8 Å². The molecule has 5 atom stereocenters. The van der Waals surface area contributed by atoms with Crippen LogP contribution in [0, 0.1) is 5.92 Å². The second-order valence-corrected chi connectivity index (χ2v) is 9.02. The molecule has 0 aliphatic heterocycles. The number of carbonyl (C=O) groups excluding carboxylic acids is 1. The topological polar surface area (TPSA) is 134 Å². The van der Waals surface area contributed by atoms with Gasteiger partial charge in [0.15, 0.2) is 12.2 Å². The number of aliphatic hydroxyl groups is 2. The molecule has 9 heteroatoms. The van der Waals surface area contributed by atoms with E-state index in [1.807, 2.05) is 0 Å². The number of hydrogen-bond donors (Lipinski definition) is 4. The van der Waals surface area contributed by atoms with Gasteiger partial charge in [-0.3, -0.25) is 4.79 Å². The van der Waals surface area contributed by atoms with Crippen LogP contribution in [-0.4, -0.2) is 56.8 Å². The first kappa shape index (κ1) is 24.8. The molecule has 4 rings (SSSR count). The molecule has 1 unspecified atom stereocenters. The number of rotatable bonds is 7. The van der Waals surface area contributed by atoms with Crippen LogP contribution in [-0.2, 0) is 19.1 Å². The van der Waals surface area contributed by atoms with Crippen molar-refractivity contribution in [3.63, 3.8) is 0 Å². The Labute approximate surface area is 206 Å². The normalized spacial score (nSPS) is 25.8. The molecular weight excluding hydrogens is 476 g/mol. The summed E-state index contributed by atoms with van der Waals surface area (Å²) >= 11 is 5.99. The minimum atomic E-state index is -1.54. The van der Waals surface area contributed by atoms with Crippen LogP contribution in [0.1, 0.15) is 30.4 Å². The van der Waals surface area contributed by atoms with E-state index < -0.39 is 42.3 Å². The van der Waals surface area contributed by atoms with Gasteiger partial charge in [0.25, 0.3) is 0 Å². The lowest BCUT2D eigenvalue weighted by Gasteiger charge is -2.41. The summed E-state index contributed by atoms with van der Waals surface area (Å²) in [6.07, 6.45) is -1.79. The number of carboxylic acid groups (broad SMARTS) is 1. The monoisotopic (exact) mass is 500 g/mol. The molecule has 0 bridgehead atoms. The average Bonchev–Trinajstić information content (AvgIpc) is 3.67. The van der Waals surface area contributed by atoms with Crippen molar-refractivity contribution in [2.45, 2.75) is 43.7 Å². The Balaban J connectivity index is 1.60. The van der Waals surface area contributed by atoms with Crippen molar-refractivity contribution in [1.29, 1.82) is 0 Å². The molecule has 4 N–H and O–H groups in total. The number of phenols is 1. The maximum Gasteiger partial charge on any atom is 0.331 e. The van der Waals surface area contributed by atoms with Crippen LogP contribution in [0.5, 0.6) is 5.75 Å². The van der Waals surface area contributed by atoms with Crippen molar-refractivity contribution in [2.24, 2.45) is 5.92 Å². The Morgan fingerprint density at radius 2 is 1.60 bits per heavy atom. The molecule has 2 aromatic carbocycles. The second-order valence-electron chi connectivity index (χ2n) is 8.59. The summed E-state index contributed by atoms with van der Waals surface area (Å²) in [4.78, 5) is 24.6. The third-order valence-corrected chi connectivity index (χ3v) is 6.25. The Hall–Kier alpha value is -3.33. The Morgan fingerprint density at radius 3 is 2.20 bits per heavy atom. The first-order valence-electron chi connectivity index (χ1n) is 11.1. The van der Waals surface area contributed by atoms with Gasteiger partial charge in [0, 0.05) is 16.7 Å². The maximum atomic E-state index is 12.6. The minimum absolute atomic E-state index is 0.0741. The summed E-state index contributed by atoms with van der Waals surface area (Å²) in [6.45, 7) is 0. The summed E-state index contributed by atoms with van der Waals surface area (Å²) < 4.78 is 11.6. The first-order chi connectivity index (χ1) is 16.7. The van der Waals surface area contributed by atoms with Gasteiger partial charge in [0.2, 0.25) is 0 Å². The summed E-state index contributed by atoms with van der Waals surface area (Å²) in [6, 6.07) is 12.9. The fourth-order valence-electron chi connectivity index (χ4n) is 4.01. The number of ether oxygens (including phenoxy) is 2. The molecule has 35 heavy (non-hydrogen) atoms. The van der Waals surface area contributed by atoms with E-state index >= 15 is 0 Å². The highest BCUT2D eigenvalue weighted by Gasteiger charge is 2.51. The van der Waals surface area contributed by atoms with Crippen LogP contribution >= 0.6 is 11.6 Å². The molecule has 0 saturated heterocycles. The predicted octanol–water partition coefficient (Wildman–Crippen LogP) is 3.39. The fraction of sp³-hybridized carbons (Fsp3) is 0.308. The lowest BCUT2D eigenvalue weighted by Crippen LogP contribution is -2.57. The molecule has 2 aliphatic rings. The van der Waals surface area contributed by atoms with Crippen molar-refractivity contribution in [1.82, 2.24) is 0 Å².